The lowest BCUT2D eigenvalue weighted by atomic mass is 10.0. The number of para-hydroxylation sites is 4. The quantitative estimate of drug-likeness (QED) is 0.674. The minimum Gasteiger partial charge on any atom is -0.482 e. The summed E-state index contributed by atoms with van der Waals surface area (Å²) in [7, 11) is 0. The summed E-state index contributed by atoms with van der Waals surface area (Å²) in [5.74, 6) is 1.29. The molecule has 0 radical (unpaired) electrons. The molecule has 2 N–H and O–H groups in total. The third kappa shape index (κ3) is 3.94. The largest absolute Gasteiger partial charge is 0.482 e. The minimum atomic E-state index is -0.234. The zero-order valence-corrected chi connectivity index (χ0v) is 16.5. The van der Waals surface area contributed by atoms with E-state index in [1.165, 1.54) is 0 Å². The van der Waals surface area contributed by atoms with Gasteiger partial charge in [0.2, 0.25) is 5.91 Å². The second-order valence-corrected chi connectivity index (χ2v) is 7.48. The van der Waals surface area contributed by atoms with E-state index in [1.54, 1.807) is 4.90 Å². The molecular weight excluding hydrogens is 368 g/mol. The van der Waals surface area contributed by atoms with Crippen LogP contribution >= 0.6 is 0 Å². The average Bonchev–Trinajstić information content (AvgIpc) is 3.14. The van der Waals surface area contributed by atoms with Gasteiger partial charge in [-0.3, -0.25) is 9.59 Å². The van der Waals surface area contributed by atoms with E-state index in [1.807, 2.05) is 62.4 Å². The van der Waals surface area contributed by atoms with Gasteiger partial charge in [0.15, 0.2) is 6.61 Å². The van der Waals surface area contributed by atoms with E-state index in [0.717, 1.165) is 16.9 Å². The van der Waals surface area contributed by atoms with Crippen LogP contribution < -0.4 is 15.0 Å². The lowest BCUT2D eigenvalue weighted by Crippen LogP contribution is -2.41. The van der Waals surface area contributed by atoms with E-state index < -0.39 is 0 Å². The molecule has 3 aromatic rings. The van der Waals surface area contributed by atoms with E-state index in [9.17, 15) is 9.59 Å². The summed E-state index contributed by atoms with van der Waals surface area (Å²) in [5.41, 5.74) is 2.52. The number of nitrogens with zero attached hydrogens (tertiary/aromatic N) is 2. The molecular formula is C22H24N4O3. The van der Waals surface area contributed by atoms with Gasteiger partial charge in [-0.2, -0.15) is 0 Å². The predicted molar refractivity (Wildman–Crippen MR) is 111 cm³/mol. The van der Waals surface area contributed by atoms with E-state index in [-0.39, 0.29) is 36.8 Å². The van der Waals surface area contributed by atoms with Crippen LogP contribution in [0.2, 0.25) is 0 Å². The fraction of sp³-hybridized carbons (Fsp3) is 0.318. The molecule has 0 fully saturated rings. The number of carbonyl (C=O) groups is 2. The van der Waals surface area contributed by atoms with Crippen LogP contribution in [0.25, 0.3) is 11.0 Å². The molecule has 0 bridgehead atoms. The van der Waals surface area contributed by atoms with Gasteiger partial charge in [-0.1, -0.05) is 38.1 Å². The number of imidazole rings is 1. The first kappa shape index (κ1) is 19.0. The Morgan fingerprint density at radius 2 is 1.97 bits per heavy atom. The highest BCUT2D eigenvalue weighted by Gasteiger charge is 2.27. The van der Waals surface area contributed by atoms with E-state index in [0.29, 0.717) is 18.0 Å². The van der Waals surface area contributed by atoms with E-state index >= 15 is 0 Å². The van der Waals surface area contributed by atoms with Crippen molar-refractivity contribution in [1.29, 1.82) is 0 Å². The highest BCUT2D eigenvalue weighted by Crippen LogP contribution is 2.31. The number of ether oxygens (including phenoxy) is 1. The lowest BCUT2D eigenvalue weighted by Gasteiger charge is -2.29. The number of aromatic amines is 1. The molecule has 150 valence electrons. The highest BCUT2D eigenvalue weighted by molar-refractivity contribution is 5.98. The number of hydrogen-bond donors (Lipinski definition) is 2. The number of nitrogens with one attached hydrogen (secondary N) is 2. The average molecular weight is 392 g/mol. The van der Waals surface area contributed by atoms with Gasteiger partial charge in [0.05, 0.1) is 22.8 Å². The molecule has 29 heavy (non-hydrogen) atoms. The maximum absolute atomic E-state index is 12.7. The standard InChI is InChI=1S/C22H24N4O3/c1-14(2)21(22-23-15-7-3-4-8-16(15)24-22)25-19(27)11-12-26-17-9-5-6-10-18(17)29-13-20(26)28/h3-10,14,21H,11-13H2,1-2H3,(H,23,24)(H,25,27). The number of hydrogen-bond acceptors (Lipinski definition) is 4. The SMILES string of the molecule is CC(C)C(NC(=O)CCN1C(=O)COc2ccccc21)c1nc2ccccc2[nH]1. The van der Waals surface area contributed by atoms with Gasteiger partial charge in [-0.05, 0) is 30.2 Å². The third-order valence-electron chi connectivity index (χ3n) is 5.06. The maximum Gasteiger partial charge on any atom is 0.265 e. The van der Waals surface area contributed by atoms with Crippen LogP contribution in [-0.2, 0) is 9.59 Å². The van der Waals surface area contributed by atoms with Crippen molar-refractivity contribution in [3.8, 4) is 5.75 Å². The lowest BCUT2D eigenvalue weighted by molar-refractivity contribution is -0.122. The van der Waals surface area contributed by atoms with Crippen LogP contribution in [0.3, 0.4) is 0 Å². The van der Waals surface area contributed by atoms with E-state index in [4.69, 9.17) is 4.74 Å². The molecule has 0 spiro atoms. The number of anilines is 1. The normalized spacial score (nSPS) is 14.6. The number of carbonyl (C=O) groups excluding carboxylic acids is 2. The molecule has 2 amide bonds. The van der Waals surface area contributed by atoms with Crippen molar-refractivity contribution in [3.05, 3.63) is 54.4 Å². The monoisotopic (exact) mass is 392 g/mol. The van der Waals surface area contributed by atoms with Crippen molar-refractivity contribution in [1.82, 2.24) is 15.3 Å². The van der Waals surface area contributed by atoms with Crippen molar-refractivity contribution >= 4 is 28.5 Å². The summed E-state index contributed by atoms with van der Waals surface area (Å²) < 4.78 is 5.45. The van der Waals surface area contributed by atoms with Crippen molar-refractivity contribution in [2.45, 2.75) is 26.3 Å². The highest BCUT2D eigenvalue weighted by atomic mass is 16.5. The zero-order valence-electron chi connectivity index (χ0n) is 16.5. The molecule has 1 aromatic heterocycles. The number of rotatable bonds is 6. The Kier molecular flexibility index (Phi) is 5.20. The summed E-state index contributed by atoms with van der Waals surface area (Å²) in [6.07, 6.45) is 0.198. The van der Waals surface area contributed by atoms with Gasteiger partial charge in [-0.25, -0.2) is 4.98 Å². The number of benzene rings is 2. The number of aromatic nitrogens is 2. The summed E-state index contributed by atoms with van der Waals surface area (Å²) in [4.78, 5) is 34.5. The molecule has 0 saturated heterocycles. The Hall–Kier alpha value is -3.35. The Labute approximate surface area is 169 Å². The third-order valence-corrected chi connectivity index (χ3v) is 5.06. The van der Waals surface area contributed by atoms with Gasteiger partial charge in [0.25, 0.3) is 5.91 Å². The second-order valence-electron chi connectivity index (χ2n) is 7.48. The molecule has 2 aromatic carbocycles. The van der Waals surface area contributed by atoms with Gasteiger partial charge in [0.1, 0.15) is 11.6 Å². The Balaban J connectivity index is 1.45. The Bertz CT molecular complexity index is 1010. The first-order valence-electron chi connectivity index (χ1n) is 9.79. The fourth-order valence-electron chi connectivity index (χ4n) is 3.53. The van der Waals surface area contributed by atoms with Crippen LogP contribution in [0.4, 0.5) is 5.69 Å². The number of amides is 2. The number of fused-ring (bicyclic) bond motifs is 2. The summed E-state index contributed by atoms with van der Waals surface area (Å²) >= 11 is 0. The molecule has 1 aliphatic heterocycles. The maximum atomic E-state index is 12.7. The zero-order chi connectivity index (χ0) is 20.4. The minimum absolute atomic E-state index is 0.00770. The Morgan fingerprint density at radius 3 is 2.76 bits per heavy atom. The van der Waals surface area contributed by atoms with Crippen molar-refractivity contribution in [3.63, 3.8) is 0 Å². The van der Waals surface area contributed by atoms with Crippen LogP contribution in [0.1, 0.15) is 32.1 Å². The molecule has 1 unspecified atom stereocenters. The second kappa shape index (κ2) is 7.95. The van der Waals surface area contributed by atoms with Crippen LogP contribution in [0, 0.1) is 5.92 Å². The fourth-order valence-corrected chi connectivity index (χ4v) is 3.53. The summed E-state index contributed by atoms with van der Waals surface area (Å²) in [5, 5.41) is 3.07. The van der Waals surface area contributed by atoms with Crippen molar-refractivity contribution in [2.24, 2.45) is 5.92 Å². The van der Waals surface area contributed by atoms with Crippen molar-refractivity contribution in [2.75, 3.05) is 18.1 Å². The predicted octanol–water partition coefficient (Wildman–Crippen LogP) is 3.19. The van der Waals surface area contributed by atoms with E-state index in [2.05, 4.69) is 15.3 Å². The number of H-pyrrole nitrogens is 1. The van der Waals surface area contributed by atoms with Crippen LogP contribution in [-0.4, -0.2) is 34.9 Å². The molecule has 4 rings (SSSR count). The van der Waals surface area contributed by atoms with Gasteiger partial charge < -0.3 is 19.9 Å². The molecule has 7 nitrogen and oxygen atoms in total. The topological polar surface area (TPSA) is 87.3 Å². The van der Waals surface area contributed by atoms with Gasteiger partial charge in [-0.15, -0.1) is 0 Å². The molecule has 1 aliphatic rings. The summed E-state index contributed by atoms with van der Waals surface area (Å²) in [6.45, 7) is 4.38. The Morgan fingerprint density at radius 1 is 1.21 bits per heavy atom. The van der Waals surface area contributed by atoms with Gasteiger partial charge >= 0.3 is 0 Å². The van der Waals surface area contributed by atoms with Crippen LogP contribution in [0.15, 0.2) is 48.5 Å². The summed E-state index contributed by atoms with van der Waals surface area (Å²) in [6, 6.07) is 14.9. The van der Waals surface area contributed by atoms with Crippen molar-refractivity contribution < 1.29 is 14.3 Å². The molecule has 1 atom stereocenters. The first-order valence-corrected chi connectivity index (χ1v) is 9.79. The molecule has 2 heterocycles. The molecule has 7 heteroatoms. The van der Waals surface area contributed by atoms with Crippen LogP contribution in [0.5, 0.6) is 5.75 Å². The first-order chi connectivity index (χ1) is 14.0. The smallest absolute Gasteiger partial charge is 0.265 e. The van der Waals surface area contributed by atoms with Gasteiger partial charge in [0, 0.05) is 13.0 Å². The molecule has 0 saturated carbocycles. The molecule has 0 aliphatic carbocycles.